The highest BCUT2D eigenvalue weighted by Gasteiger charge is 2.31. The Bertz CT molecular complexity index is 1690. The molecule has 3 aromatic carbocycles. The van der Waals surface area contributed by atoms with E-state index in [1.54, 1.807) is 5.01 Å². The fourth-order valence-corrected chi connectivity index (χ4v) is 5.84. The van der Waals surface area contributed by atoms with Gasteiger partial charge in [-0.05, 0) is 43.4 Å². The summed E-state index contributed by atoms with van der Waals surface area (Å²) in [6.45, 7) is 1.43. The van der Waals surface area contributed by atoms with Crippen LogP contribution in [0.3, 0.4) is 0 Å². The van der Waals surface area contributed by atoms with Crippen LogP contribution in [0, 0.1) is 21.7 Å². The van der Waals surface area contributed by atoms with E-state index in [1.807, 2.05) is 11.9 Å². The lowest BCUT2D eigenvalue weighted by molar-refractivity contribution is -0.385. The van der Waals surface area contributed by atoms with E-state index in [4.69, 9.17) is 0 Å². The summed E-state index contributed by atoms with van der Waals surface area (Å²) in [4.78, 5) is 26.7. The second kappa shape index (κ2) is 10.0. The van der Waals surface area contributed by atoms with Gasteiger partial charge in [-0.3, -0.25) is 19.9 Å². The van der Waals surface area contributed by atoms with E-state index in [0.29, 0.717) is 36.6 Å². The minimum Gasteiger partial charge on any atom is -0.329 e. The maximum Gasteiger partial charge on any atom is 0.282 e. The molecule has 2 heterocycles. The second-order valence-electron chi connectivity index (χ2n) is 9.05. The smallest absolute Gasteiger partial charge is 0.282 e. The summed E-state index contributed by atoms with van der Waals surface area (Å²) in [6, 6.07) is 11.9. The number of benzene rings is 3. The van der Waals surface area contributed by atoms with Gasteiger partial charge in [0.1, 0.15) is 23.4 Å². The molecule has 1 saturated heterocycles. The van der Waals surface area contributed by atoms with Crippen molar-refractivity contribution in [3.8, 4) is 0 Å². The first-order chi connectivity index (χ1) is 18.5. The number of nitrogens with one attached hydrogen (secondary N) is 1. The molecule has 1 fully saturated rings. The lowest BCUT2D eigenvalue weighted by atomic mass is 10.1. The Balaban J connectivity index is 1.47. The Kier molecular flexibility index (Phi) is 6.74. The molecule has 39 heavy (non-hydrogen) atoms. The lowest BCUT2D eigenvalue weighted by Crippen LogP contribution is -2.63. The molecule has 5 rings (SSSR count). The largest absolute Gasteiger partial charge is 0.329 e. The third kappa shape index (κ3) is 5.03. The Morgan fingerprint density at radius 3 is 2.49 bits per heavy atom. The number of nitrogens with zero attached hydrogens (tertiary/aromatic N) is 5. The summed E-state index contributed by atoms with van der Waals surface area (Å²) in [6.07, 6.45) is 0.817. The van der Waals surface area contributed by atoms with Crippen LogP contribution in [0.5, 0.6) is 0 Å². The van der Waals surface area contributed by atoms with Gasteiger partial charge in [-0.1, -0.05) is 12.1 Å². The molecule has 0 spiro atoms. The number of hydrogen-bond acceptors (Lipinski definition) is 8. The average Bonchev–Trinajstić information content (AvgIpc) is 3.31. The lowest BCUT2D eigenvalue weighted by Gasteiger charge is -2.41. The molecule has 0 aliphatic carbocycles. The second-order valence-corrected chi connectivity index (χ2v) is 11.0. The van der Waals surface area contributed by atoms with Crippen LogP contribution < -0.4 is 10.3 Å². The molecule has 1 unspecified atom stereocenters. The Labute approximate surface area is 221 Å². The molecule has 11 nitrogen and oxygen atoms in total. The van der Waals surface area contributed by atoms with Gasteiger partial charge >= 0.3 is 0 Å². The van der Waals surface area contributed by atoms with Crippen LogP contribution >= 0.6 is 0 Å². The van der Waals surface area contributed by atoms with E-state index in [9.17, 15) is 32.1 Å². The number of aromatic nitrogens is 2. The average molecular weight is 557 g/mol. The number of amides is 1. The number of sulfone groups is 1. The van der Waals surface area contributed by atoms with E-state index >= 15 is 0 Å². The van der Waals surface area contributed by atoms with Gasteiger partial charge in [0.2, 0.25) is 9.84 Å². The van der Waals surface area contributed by atoms with Crippen molar-refractivity contribution >= 4 is 32.3 Å². The molecule has 1 aliphatic heterocycles. The molecule has 0 radical (unpaired) electrons. The van der Waals surface area contributed by atoms with Gasteiger partial charge in [0.05, 0.1) is 33.0 Å². The molecule has 1 aromatic heterocycles. The Morgan fingerprint density at radius 2 is 1.77 bits per heavy atom. The van der Waals surface area contributed by atoms with Crippen LogP contribution in [0.2, 0.25) is 0 Å². The van der Waals surface area contributed by atoms with Gasteiger partial charge in [-0.2, -0.15) is 9.89 Å². The van der Waals surface area contributed by atoms with Crippen molar-refractivity contribution in [2.45, 2.75) is 16.0 Å². The quantitative estimate of drug-likeness (QED) is 0.283. The van der Waals surface area contributed by atoms with Crippen LogP contribution in [0.1, 0.15) is 10.4 Å². The summed E-state index contributed by atoms with van der Waals surface area (Å²) in [5.74, 6) is -2.64. The highest BCUT2D eigenvalue weighted by atomic mass is 32.2. The number of para-hydroxylation sites is 1. The van der Waals surface area contributed by atoms with Crippen LogP contribution in [0.4, 0.5) is 14.5 Å². The normalized spacial score (nSPS) is 16.4. The first kappa shape index (κ1) is 26.2. The first-order valence-corrected chi connectivity index (χ1v) is 13.2. The highest BCUT2D eigenvalue weighted by Crippen LogP contribution is 2.27. The Morgan fingerprint density at radius 1 is 1.05 bits per heavy atom. The zero-order valence-corrected chi connectivity index (χ0v) is 21.3. The molecular formula is C25H22F2N6O5S. The molecular weight excluding hydrogens is 534 g/mol. The van der Waals surface area contributed by atoms with Crippen molar-refractivity contribution in [1.82, 2.24) is 20.1 Å². The third-order valence-electron chi connectivity index (χ3n) is 6.42. The van der Waals surface area contributed by atoms with Gasteiger partial charge in [0, 0.05) is 30.6 Å². The SMILES string of the molecule is CN1CCN(n2ncc3cc(S(=O)(=O)c4cc(F)cc(F)c4)ccc32)C(NC(=O)c2ccccc2[N+](=O)[O-])C1. The fraction of sp³-hybridized carbons (Fsp3) is 0.200. The zero-order valence-electron chi connectivity index (χ0n) is 20.5. The van der Waals surface area contributed by atoms with Crippen molar-refractivity contribution in [2.24, 2.45) is 0 Å². The van der Waals surface area contributed by atoms with Gasteiger partial charge in [0.15, 0.2) is 0 Å². The van der Waals surface area contributed by atoms with E-state index in [2.05, 4.69) is 10.4 Å². The minimum absolute atomic E-state index is 0.0790. The Hall–Kier alpha value is -4.43. The number of nitro groups is 1. The summed E-state index contributed by atoms with van der Waals surface area (Å²) in [5.41, 5.74) is 0.126. The zero-order chi connectivity index (χ0) is 27.9. The van der Waals surface area contributed by atoms with Crippen molar-refractivity contribution in [1.29, 1.82) is 0 Å². The molecule has 0 saturated carbocycles. The van der Waals surface area contributed by atoms with E-state index < -0.39 is 43.4 Å². The number of hydrogen-bond donors (Lipinski definition) is 1. The first-order valence-electron chi connectivity index (χ1n) is 11.7. The van der Waals surface area contributed by atoms with E-state index in [1.165, 1.54) is 53.5 Å². The summed E-state index contributed by atoms with van der Waals surface area (Å²) >= 11 is 0. The third-order valence-corrected chi connectivity index (χ3v) is 8.15. The fourth-order valence-electron chi connectivity index (χ4n) is 4.50. The molecule has 4 aromatic rings. The van der Waals surface area contributed by atoms with Crippen LogP contribution in [0.15, 0.2) is 76.7 Å². The number of rotatable bonds is 6. The van der Waals surface area contributed by atoms with Crippen molar-refractivity contribution < 1.29 is 26.9 Å². The van der Waals surface area contributed by atoms with Crippen molar-refractivity contribution in [3.63, 3.8) is 0 Å². The topological polar surface area (TPSA) is 131 Å². The molecule has 14 heteroatoms. The maximum atomic E-state index is 13.7. The number of halogens is 2. The summed E-state index contributed by atoms with van der Waals surface area (Å²) in [5, 5.41) is 20.9. The van der Waals surface area contributed by atoms with Gasteiger partial charge in [0.25, 0.3) is 11.6 Å². The summed E-state index contributed by atoms with van der Waals surface area (Å²) < 4.78 is 53.4. The number of piperazine rings is 1. The standard InChI is InChI=1S/C25H22F2N6O5S/c1-30-8-9-31(24(15-30)29-25(34)21-4-2-3-5-23(21)33(35)36)32-22-7-6-19(10-16(22)14-28-32)39(37,38)20-12-17(26)11-18(27)13-20/h2-7,10-14,24H,8-9,15H2,1H3,(H,29,34). The molecule has 1 N–H and O–H groups in total. The number of likely N-dealkylation sites (N-methyl/N-ethyl adjacent to an activating group) is 1. The van der Waals surface area contributed by atoms with Crippen LogP contribution in [-0.2, 0) is 9.84 Å². The number of carbonyl (C=O) groups excluding carboxylic acids is 1. The van der Waals surface area contributed by atoms with E-state index in [0.717, 1.165) is 12.1 Å². The van der Waals surface area contributed by atoms with E-state index in [-0.39, 0.29) is 16.1 Å². The minimum atomic E-state index is -4.22. The highest BCUT2D eigenvalue weighted by molar-refractivity contribution is 7.91. The molecule has 202 valence electrons. The number of carbonyl (C=O) groups is 1. The molecule has 1 amide bonds. The predicted molar refractivity (Wildman–Crippen MR) is 136 cm³/mol. The van der Waals surface area contributed by atoms with Crippen LogP contribution in [-0.4, -0.2) is 66.9 Å². The van der Waals surface area contributed by atoms with Crippen molar-refractivity contribution in [2.75, 3.05) is 31.7 Å². The molecule has 0 bridgehead atoms. The summed E-state index contributed by atoms with van der Waals surface area (Å²) in [7, 11) is -2.35. The van der Waals surface area contributed by atoms with Gasteiger partial charge in [-0.25, -0.2) is 17.2 Å². The molecule has 1 atom stereocenters. The monoisotopic (exact) mass is 556 g/mol. The molecule has 1 aliphatic rings. The van der Waals surface area contributed by atoms with Gasteiger partial charge < -0.3 is 10.2 Å². The van der Waals surface area contributed by atoms with Crippen LogP contribution in [0.25, 0.3) is 10.9 Å². The number of fused-ring (bicyclic) bond motifs is 1. The van der Waals surface area contributed by atoms with Gasteiger partial charge in [-0.15, -0.1) is 0 Å². The predicted octanol–water partition coefficient (Wildman–Crippen LogP) is 2.70. The maximum absolute atomic E-state index is 13.7. The van der Waals surface area contributed by atoms with Crippen molar-refractivity contribution in [3.05, 3.63) is 94.2 Å². The number of nitro benzene ring substituents is 1.